The third kappa shape index (κ3) is 5.13. The number of amides is 1. The highest BCUT2D eigenvalue weighted by Crippen LogP contribution is 2.42. The lowest BCUT2D eigenvalue weighted by molar-refractivity contribution is -0.139. The molecule has 0 radical (unpaired) electrons. The molecule has 7 heteroatoms. The first kappa shape index (κ1) is 24.2. The second-order valence-electron chi connectivity index (χ2n) is 7.82. The fourth-order valence-corrected chi connectivity index (χ4v) is 4.02. The zero-order valence-electron chi connectivity index (χ0n) is 19.3. The Labute approximate surface area is 194 Å². The van der Waals surface area contributed by atoms with Crippen LogP contribution in [0.3, 0.4) is 0 Å². The van der Waals surface area contributed by atoms with Gasteiger partial charge in [-0.05, 0) is 50.1 Å². The third-order valence-electron chi connectivity index (χ3n) is 5.57. The number of ketones is 1. The van der Waals surface area contributed by atoms with E-state index >= 15 is 0 Å². The predicted molar refractivity (Wildman–Crippen MR) is 125 cm³/mol. The van der Waals surface area contributed by atoms with Crippen LogP contribution >= 0.6 is 0 Å². The number of Topliss-reactive ketones (excluding diaryl/α,β-unsaturated/α-hetero) is 1. The molecule has 0 aromatic heterocycles. The normalized spacial score (nSPS) is 17.4. The zero-order chi connectivity index (χ0) is 24.0. The highest BCUT2D eigenvalue weighted by atomic mass is 16.5. The topological polar surface area (TPSA) is 96.3 Å². The van der Waals surface area contributed by atoms with Gasteiger partial charge in [0.1, 0.15) is 23.0 Å². The number of hydrogen-bond donors (Lipinski definition) is 2. The quantitative estimate of drug-likeness (QED) is 0.232. The van der Waals surface area contributed by atoms with Crippen molar-refractivity contribution in [3.63, 3.8) is 0 Å². The van der Waals surface area contributed by atoms with E-state index in [0.717, 1.165) is 19.3 Å². The Morgan fingerprint density at radius 3 is 2.30 bits per heavy atom. The van der Waals surface area contributed by atoms with E-state index in [1.165, 1.54) is 17.0 Å². The second-order valence-corrected chi connectivity index (χ2v) is 7.82. The van der Waals surface area contributed by atoms with E-state index in [0.29, 0.717) is 42.4 Å². The minimum atomic E-state index is -0.761. The molecule has 1 saturated heterocycles. The lowest BCUT2D eigenvalue weighted by atomic mass is 9.94. The summed E-state index contributed by atoms with van der Waals surface area (Å²) >= 11 is 0. The molecule has 1 unspecified atom stereocenters. The number of hydrogen-bond acceptors (Lipinski definition) is 6. The Balaban J connectivity index is 2.15. The van der Waals surface area contributed by atoms with Crippen LogP contribution in [-0.2, 0) is 9.59 Å². The molecule has 33 heavy (non-hydrogen) atoms. The Kier molecular flexibility index (Phi) is 7.98. The molecular formula is C26H31NO6. The van der Waals surface area contributed by atoms with E-state index in [4.69, 9.17) is 9.47 Å². The molecular weight excluding hydrogens is 422 g/mol. The third-order valence-corrected chi connectivity index (χ3v) is 5.57. The Morgan fingerprint density at radius 1 is 0.970 bits per heavy atom. The summed E-state index contributed by atoms with van der Waals surface area (Å²) in [6, 6.07) is 10.5. The van der Waals surface area contributed by atoms with Gasteiger partial charge < -0.3 is 24.6 Å². The summed E-state index contributed by atoms with van der Waals surface area (Å²) in [6.45, 7) is 6.96. The minimum Gasteiger partial charge on any atom is -0.508 e. The standard InChI is InChI=1S/C26H31NO6/c1-4-7-8-15-27-23(17-9-11-18(28)12-10-17)22(25(30)26(27)31)24(29)20-14-13-19(32-5-2)16-21(20)33-6-3/h9-14,16,23,28-29H,4-8,15H2,1-3H3/b24-22-. The second kappa shape index (κ2) is 10.9. The van der Waals surface area contributed by atoms with Crippen LogP contribution in [0.4, 0.5) is 0 Å². The summed E-state index contributed by atoms with van der Waals surface area (Å²) < 4.78 is 11.2. The molecule has 1 aliphatic heterocycles. The van der Waals surface area contributed by atoms with Gasteiger partial charge in [0.25, 0.3) is 11.7 Å². The average molecular weight is 454 g/mol. The van der Waals surface area contributed by atoms with Crippen LogP contribution in [0.2, 0.25) is 0 Å². The van der Waals surface area contributed by atoms with E-state index in [1.807, 2.05) is 13.8 Å². The summed E-state index contributed by atoms with van der Waals surface area (Å²) in [5, 5.41) is 21.0. The van der Waals surface area contributed by atoms with Gasteiger partial charge >= 0.3 is 0 Å². The smallest absolute Gasteiger partial charge is 0.295 e. The van der Waals surface area contributed by atoms with Crippen molar-refractivity contribution in [3.05, 3.63) is 59.2 Å². The van der Waals surface area contributed by atoms with Crippen LogP contribution in [-0.4, -0.2) is 46.6 Å². The number of phenols is 1. The number of rotatable bonds is 10. The van der Waals surface area contributed by atoms with Crippen molar-refractivity contribution in [3.8, 4) is 17.2 Å². The van der Waals surface area contributed by atoms with Crippen LogP contribution in [0.25, 0.3) is 5.76 Å². The number of ether oxygens (including phenoxy) is 2. The summed E-state index contributed by atoms with van der Waals surface area (Å²) in [6.07, 6.45) is 2.63. The number of carbonyl (C=O) groups is 2. The number of carbonyl (C=O) groups excluding carboxylic acids is 2. The van der Waals surface area contributed by atoms with Gasteiger partial charge in [-0.25, -0.2) is 0 Å². The lowest BCUT2D eigenvalue weighted by Crippen LogP contribution is -2.30. The van der Waals surface area contributed by atoms with Crippen LogP contribution in [0.15, 0.2) is 48.0 Å². The van der Waals surface area contributed by atoms with Gasteiger partial charge in [0.05, 0.1) is 30.4 Å². The molecule has 1 atom stereocenters. The number of likely N-dealkylation sites (tertiary alicyclic amines) is 1. The number of aliphatic hydroxyl groups is 1. The van der Waals surface area contributed by atoms with Crippen molar-refractivity contribution in [1.82, 2.24) is 4.90 Å². The monoisotopic (exact) mass is 453 g/mol. The van der Waals surface area contributed by atoms with Crippen LogP contribution in [0.1, 0.15) is 57.2 Å². The van der Waals surface area contributed by atoms with Crippen molar-refractivity contribution in [2.24, 2.45) is 0 Å². The van der Waals surface area contributed by atoms with E-state index in [-0.39, 0.29) is 17.1 Å². The Hall–Kier alpha value is -3.48. The molecule has 0 aliphatic carbocycles. The average Bonchev–Trinajstić information content (AvgIpc) is 3.05. The molecule has 176 valence electrons. The first-order chi connectivity index (χ1) is 15.9. The van der Waals surface area contributed by atoms with Crippen molar-refractivity contribution in [2.45, 2.75) is 46.1 Å². The van der Waals surface area contributed by atoms with Gasteiger partial charge in [0.15, 0.2) is 0 Å². The Bertz CT molecular complexity index is 1030. The number of benzene rings is 2. The number of unbranched alkanes of at least 4 members (excludes halogenated alkanes) is 2. The number of aromatic hydroxyl groups is 1. The lowest BCUT2D eigenvalue weighted by Gasteiger charge is -2.25. The van der Waals surface area contributed by atoms with Gasteiger partial charge in [-0.1, -0.05) is 31.9 Å². The molecule has 7 nitrogen and oxygen atoms in total. The Morgan fingerprint density at radius 2 is 1.67 bits per heavy atom. The van der Waals surface area contributed by atoms with E-state index in [1.54, 1.807) is 30.3 Å². The van der Waals surface area contributed by atoms with Gasteiger partial charge in [-0.2, -0.15) is 0 Å². The minimum absolute atomic E-state index is 0.00676. The van der Waals surface area contributed by atoms with Gasteiger partial charge in [-0.3, -0.25) is 9.59 Å². The zero-order valence-corrected chi connectivity index (χ0v) is 19.3. The molecule has 1 aliphatic rings. The maximum absolute atomic E-state index is 13.1. The van der Waals surface area contributed by atoms with Gasteiger partial charge in [0.2, 0.25) is 0 Å². The predicted octanol–water partition coefficient (Wildman–Crippen LogP) is 4.80. The molecule has 2 aromatic rings. The van der Waals surface area contributed by atoms with Gasteiger partial charge in [0, 0.05) is 12.6 Å². The van der Waals surface area contributed by atoms with Crippen molar-refractivity contribution >= 4 is 17.4 Å². The van der Waals surface area contributed by atoms with Gasteiger partial charge in [-0.15, -0.1) is 0 Å². The summed E-state index contributed by atoms with van der Waals surface area (Å²) in [5.41, 5.74) is 0.955. The molecule has 0 spiro atoms. The highest BCUT2D eigenvalue weighted by Gasteiger charge is 2.46. The number of nitrogens with zero attached hydrogens (tertiary/aromatic N) is 1. The first-order valence-electron chi connectivity index (χ1n) is 11.4. The molecule has 0 bridgehead atoms. The van der Waals surface area contributed by atoms with Crippen LogP contribution in [0.5, 0.6) is 17.2 Å². The molecule has 1 amide bonds. The van der Waals surface area contributed by atoms with Crippen molar-refractivity contribution < 1.29 is 29.3 Å². The van der Waals surface area contributed by atoms with E-state index < -0.39 is 17.7 Å². The molecule has 2 aromatic carbocycles. The molecule has 1 heterocycles. The summed E-state index contributed by atoms with van der Waals surface area (Å²) in [4.78, 5) is 27.6. The molecule has 3 rings (SSSR count). The van der Waals surface area contributed by atoms with Crippen LogP contribution < -0.4 is 9.47 Å². The molecule has 2 N–H and O–H groups in total. The summed E-state index contributed by atoms with van der Waals surface area (Å²) in [7, 11) is 0. The molecule has 0 saturated carbocycles. The SMILES string of the molecule is CCCCCN1C(=O)C(=O)/C(=C(\O)c2ccc(OCC)cc2OCC)C1c1ccc(O)cc1. The van der Waals surface area contributed by atoms with Crippen LogP contribution in [0, 0.1) is 0 Å². The van der Waals surface area contributed by atoms with Crippen molar-refractivity contribution in [1.29, 1.82) is 0 Å². The maximum atomic E-state index is 13.1. The fourth-order valence-electron chi connectivity index (χ4n) is 4.02. The molecule has 1 fully saturated rings. The summed E-state index contributed by atoms with van der Waals surface area (Å²) in [5.74, 6) is -0.661. The number of phenolic OH excluding ortho intramolecular Hbond substituents is 1. The largest absolute Gasteiger partial charge is 0.508 e. The van der Waals surface area contributed by atoms with E-state index in [2.05, 4.69) is 6.92 Å². The highest BCUT2D eigenvalue weighted by molar-refractivity contribution is 6.46. The van der Waals surface area contributed by atoms with E-state index in [9.17, 15) is 19.8 Å². The fraction of sp³-hybridized carbons (Fsp3) is 0.385. The maximum Gasteiger partial charge on any atom is 0.295 e. The first-order valence-corrected chi connectivity index (χ1v) is 11.4. The van der Waals surface area contributed by atoms with Crippen molar-refractivity contribution in [2.75, 3.05) is 19.8 Å². The number of aliphatic hydroxyl groups excluding tert-OH is 1.